The molecule has 1 aromatic carbocycles. The molecule has 2 aromatic heterocycles. The maximum Gasteiger partial charge on any atom is 0.219 e. The lowest BCUT2D eigenvalue weighted by Gasteiger charge is -2.20. The summed E-state index contributed by atoms with van der Waals surface area (Å²) in [6.07, 6.45) is 7.57. The lowest BCUT2D eigenvalue weighted by molar-refractivity contribution is -0.129. The van der Waals surface area contributed by atoms with Crippen LogP contribution in [0.2, 0.25) is 0 Å². The van der Waals surface area contributed by atoms with Gasteiger partial charge < -0.3 is 10.2 Å². The number of aryl methyl sites for hydroxylation is 1. The van der Waals surface area contributed by atoms with Gasteiger partial charge in [0.1, 0.15) is 17.5 Å². The molecule has 1 aliphatic heterocycles. The molecule has 0 radical (unpaired) electrons. The summed E-state index contributed by atoms with van der Waals surface area (Å²) in [5.74, 6) is 1.77. The minimum absolute atomic E-state index is 0.0202. The van der Waals surface area contributed by atoms with Crippen LogP contribution in [-0.2, 0) is 11.3 Å². The van der Waals surface area contributed by atoms with Gasteiger partial charge in [0.05, 0.1) is 18.4 Å². The summed E-state index contributed by atoms with van der Waals surface area (Å²) in [5.41, 5.74) is 1.77. The zero-order valence-electron chi connectivity index (χ0n) is 15.8. The van der Waals surface area contributed by atoms with Gasteiger partial charge in [0.25, 0.3) is 0 Å². The van der Waals surface area contributed by atoms with E-state index in [1.54, 1.807) is 29.6 Å². The number of rotatable bonds is 3. The summed E-state index contributed by atoms with van der Waals surface area (Å²) in [5, 5.41) is 3.41. The van der Waals surface area contributed by atoms with E-state index in [-0.39, 0.29) is 17.8 Å². The highest BCUT2D eigenvalue weighted by Gasteiger charge is 2.24. The van der Waals surface area contributed by atoms with Gasteiger partial charge in [-0.3, -0.25) is 14.3 Å². The third kappa shape index (κ3) is 3.58. The summed E-state index contributed by atoms with van der Waals surface area (Å²) < 4.78 is 15.7. The number of benzene rings is 1. The van der Waals surface area contributed by atoms with Gasteiger partial charge in [-0.25, -0.2) is 14.4 Å². The lowest BCUT2D eigenvalue weighted by atomic mass is 9.99. The quantitative estimate of drug-likeness (QED) is 0.756. The van der Waals surface area contributed by atoms with E-state index in [1.807, 2.05) is 17.7 Å². The van der Waals surface area contributed by atoms with E-state index < -0.39 is 0 Å². The van der Waals surface area contributed by atoms with Crippen LogP contribution >= 0.6 is 0 Å². The Hall–Kier alpha value is -3.29. The van der Waals surface area contributed by atoms with Crippen molar-refractivity contribution in [1.29, 1.82) is 0 Å². The van der Waals surface area contributed by atoms with Crippen LogP contribution in [0.4, 0.5) is 10.2 Å². The van der Waals surface area contributed by atoms with E-state index in [4.69, 9.17) is 0 Å². The summed E-state index contributed by atoms with van der Waals surface area (Å²) in [6, 6.07) is 4.63. The topological polar surface area (TPSA) is 75.9 Å². The van der Waals surface area contributed by atoms with Crippen LogP contribution in [0.5, 0.6) is 0 Å². The van der Waals surface area contributed by atoms with Crippen molar-refractivity contribution in [3.05, 3.63) is 65.8 Å². The monoisotopic (exact) mass is 380 g/mol. The predicted molar refractivity (Wildman–Crippen MR) is 102 cm³/mol. The van der Waals surface area contributed by atoms with Gasteiger partial charge in [0.15, 0.2) is 5.82 Å². The summed E-state index contributed by atoms with van der Waals surface area (Å²) in [7, 11) is 0. The molecule has 1 atom stereocenters. The Kier molecular flexibility index (Phi) is 4.77. The number of anilines is 1. The second-order valence-electron chi connectivity index (χ2n) is 6.88. The highest BCUT2D eigenvalue weighted by Crippen LogP contribution is 2.30. The van der Waals surface area contributed by atoms with Crippen LogP contribution in [0, 0.1) is 12.7 Å². The highest BCUT2D eigenvalue weighted by molar-refractivity contribution is 5.73. The fraction of sp³-hybridized carbons (Fsp3) is 0.300. The third-order valence-corrected chi connectivity index (χ3v) is 4.99. The van der Waals surface area contributed by atoms with Gasteiger partial charge in [-0.15, -0.1) is 0 Å². The molecule has 0 bridgehead atoms. The number of aromatic nitrogens is 4. The average molecular weight is 380 g/mol. The molecule has 0 aliphatic carbocycles. The van der Waals surface area contributed by atoms with Gasteiger partial charge in [0.2, 0.25) is 5.91 Å². The van der Waals surface area contributed by atoms with Crippen molar-refractivity contribution >= 4 is 11.7 Å². The van der Waals surface area contributed by atoms with Crippen molar-refractivity contribution in [1.82, 2.24) is 24.4 Å². The lowest BCUT2D eigenvalue weighted by Crippen LogP contribution is -2.28. The summed E-state index contributed by atoms with van der Waals surface area (Å²) in [6.45, 7) is 4.42. The molecule has 28 heavy (non-hydrogen) atoms. The van der Waals surface area contributed by atoms with Crippen molar-refractivity contribution < 1.29 is 9.18 Å². The average Bonchev–Trinajstić information content (AvgIpc) is 3.01. The molecule has 0 fully saturated rings. The van der Waals surface area contributed by atoms with E-state index in [0.717, 1.165) is 17.0 Å². The predicted octanol–water partition coefficient (Wildman–Crippen LogP) is 3.02. The Labute approximate surface area is 162 Å². The Balaban J connectivity index is 1.65. The largest absolute Gasteiger partial charge is 0.362 e. The Morgan fingerprint density at radius 2 is 2.18 bits per heavy atom. The first-order valence-electron chi connectivity index (χ1n) is 9.14. The molecule has 1 unspecified atom stereocenters. The maximum atomic E-state index is 13.8. The number of hydrogen-bond donors (Lipinski definition) is 1. The first-order chi connectivity index (χ1) is 13.5. The van der Waals surface area contributed by atoms with Gasteiger partial charge >= 0.3 is 0 Å². The smallest absolute Gasteiger partial charge is 0.219 e. The van der Waals surface area contributed by atoms with Crippen LogP contribution in [-0.4, -0.2) is 36.9 Å². The maximum absolute atomic E-state index is 13.8. The molecule has 3 aromatic rings. The van der Waals surface area contributed by atoms with Crippen LogP contribution in [0.1, 0.15) is 36.3 Å². The molecule has 144 valence electrons. The molecule has 8 heteroatoms. The van der Waals surface area contributed by atoms with Crippen LogP contribution in [0.3, 0.4) is 0 Å². The Morgan fingerprint density at radius 3 is 2.93 bits per heavy atom. The first kappa shape index (κ1) is 18.1. The molecule has 0 saturated carbocycles. The van der Waals surface area contributed by atoms with Crippen molar-refractivity contribution in [2.24, 2.45) is 0 Å². The number of nitrogens with one attached hydrogen (secondary N) is 1. The number of imidazole rings is 1. The van der Waals surface area contributed by atoms with Crippen LogP contribution < -0.4 is 5.32 Å². The third-order valence-electron chi connectivity index (χ3n) is 4.99. The number of nitrogens with zero attached hydrogens (tertiary/aromatic N) is 5. The second kappa shape index (κ2) is 7.38. The molecule has 3 heterocycles. The molecular weight excluding hydrogens is 359 g/mol. The fourth-order valence-corrected chi connectivity index (χ4v) is 3.53. The summed E-state index contributed by atoms with van der Waals surface area (Å²) in [4.78, 5) is 26.8. The molecule has 1 N–H and O–H groups in total. The van der Waals surface area contributed by atoms with Crippen molar-refractivity contribution in [2.75, 3.05) is 11.9 Å². The number of hydrogen-bond acceptors (Lipinski definition) is 5. The molecular formula is C20H21FN6O. The Morgan fingerprint density at radius 1 is 1.32 bits per heavy atom. The van der Waals surface area contributed by atoms with Crippen molar-refractivity contribution in [2.45, 2.75) is 32.9 Å². The number of carbonyl (C=O) groups excluding carboxylic acids is 1. The van der Waals surface area contributed by atoms with Crippen LogP contribution in [0.15, 0.2) is 43.0 Å². The van der Waals surface area contributed by atoms with Gasteiger partial charge in [0, 0.05) is 32.4 Å². The zero-order valence-corrected chi connectivity index (χ0v) is 15.8. The summed E-state index contributed by atoms with van der Waals surface area (Å²) >= 11 is 0. The van der Waals surface area contributed by atoms with Gasteiger partial charge in [-0.2, -0.15) is 0 Å². The van der Waals surface area contributed by atoms with E-state index in [9.17, 15) is 9.18 Å². The normalized spacial score (nSPS) is 16.4. The number of fused-ring (bicyclic) bond motifs is 1. The molecule has 4 rings (SSSR count). The van der Waals surface area contributed by atoms with Gasteiger partial charge in [-0.1, -0.05) is 6.07 Å². The minimum Gasteiger partial charge on any atom is -0.362 e. The van der Waals surface area contributed by atoms with E-state index in [2.05, 4.69) is 20.3 Å². The van der Waals surface area contributed by atoms with Crippen molar-refractivity contribution in [3.63, 3.8) is 0 Å². The minimum atomic E-state index is -0.305. The number of carbonyl (C=O) groups is 1. The first-order valence-corrected chi connectivity index (χ1v) is 9.14. The van der Waals surface area contributed by atoms with E-state index in [0.29, 0.717) is 31.1 Å². The molecule has 0 spiro atoms. The molecule has 0 saturated heterocycles. The fourth-order valence-electron chi connectivity index (χ4n) is 3.53. The van der Waals surface area contributed by atoms with Gasteiger partial charge in [-0.05, 0) is 36.6 Å². The molecule has 7 nitrogen and oxygen atoms in total. The van der Waals surface area contributed by atoms with Crippen molar-refractivity contribution in [3.8, 4) is 5.82 Å². The second-order valence-corrected chi connectivity index (χ2v) is 6.88. The van der Waals surface area contributed by atoms with E-state index >= 15 is 0 Å². The highest BCUT2D eigenvalue weighted by atomic mass is 19.1. The molecule has 1 aliphatic rings. The number of amides is 1. The van der Waals surface area contributed by atoms with E-state index in [1.165, 1.54) is 19.1 Å². The SMILES string of the molecule is CC(=O)N1CCC(Nc2cncc(-n3ccnc3C)n2)c2ccc(F)cc2C1. The Bertz CT molecular complexity index is 1020. The number of halogens is 1. The van der Waals surface area contributed by atoms with Crippen LogP contribution in [0.25, 0.3) is 5.82 Å². The standard InChI is InChI=1S/C20H21FN6O/c1-13-23-6-8-27(13)20-11-22-10-19(25-20)24-18-5-7-26(14(2)28)12-15-9-16(21)3-4-17(15)18/h3-4,6,8-11,18H,5,7,12H2,1-2H3,(H,24,25). The zero-order chi connectivity index (χ0) is 19.7. The molecule has 1 amide bonds.